The summed E-state index contributed by atoms with van der Waals surface area (Å²) < 4.78 is 84.4. The van der Waals surface area contributed by atoms with Crippen LogP contribution in [0.2, 0.25) is 0 Å². The second-order valence-electron chi connectivity index (χ2n) is 6.36. The maximum Gasteiger partial charge on any atom is 0.573 e. The van der Waals surface area contributed by atoms with Crippen molar-refractivity contribution in [3.8, 4) is 11.8 Å². The van der Waals surface area contributed by atoms with Crippen LogP contribution in [0.4, 0.5) is 37.8 Å². The number of nitrogens with one attached hydrogen (secondary N) is 1. The first kappa shape index (κ1) is 20.3. The Hall–Kier alpha value is -3.94. The lowest BCUT2D eigenvalue weighted by Gasteiger charge is -2.18. The number of anilines is 2. The van der Waals surface area contributed by atoms with E-state index in [1.165, 1.54) is 28.7 Å². The zero-order chi connectivity index (χ0) is 22.4. The highest BCUT2D eigenvalue weighted by Gasteiger charge is 2.37. The molecule has 0 unspecified atom stereocenters. The number of hydrogen-bond donors (Lipinski definition) is 1. The van der Waals surface area contributed by atoms with Gasteiger partial charge in [0.1, 0.15) is 17.5 Å². The van der Waals surface area contributed by atoms with Crippen LogP contribution in [-0.4, -0.2) is 15.7 Å². The standard InChI is InChI=1S/C20H10F6N4O/c21-19(22,23)12-9-17(28-14-6-2-4-8-16(14)31-20(24,25)26)30-15-7-3-1-5-13(15)29-18(30)11(12)10-27/h1-9,28H. The third-order valence-corrected chi connectivity index (χ3v) is 4.37. The van der Waals surface area contributed by atoms with Gasteiger partial charge in [-0.2, -0.15) is 18.4 Å². The molecular formula is C20H10F6N4O. The number of aromatic nitrogens is 2. The zero-order valence-electron chi connectivity index (χ0n) is 15.2. The molecule has 1 N–H and O–H groups in total. The van der Waals surface area contributed by atoms with Gasteiger partial charge < -0.3 is 10.1 Å². The summed E-state index contributed by atoms with van der Waals surface area (Å²) in [6, 6.07) is 13.4. The molecule has 5 nitrogen and oxygen atoms in total. The largest absolute Gasteiger partial charge is 0.573 e. The van der Waals surface area contributed by atoms with Gasteiger partial charge in [0.25, 0.3) is 0 Å². The molecule has 4 rings (SSSR count). The third-order valence-electron chi connectivity index (χ3n) is 4.37. The van der Waals surface area contributed by atoms with Crippen molar-refractivity contribution in [2.45, 2.75) is 12.5 Å². The molecule has 0 radical (unpaired) electrons. The van der Waals surface area contributed by atoms with Gasteiger partial charge in [-0.3, -0.25) is 4.40 Å². The summed E-state index contributed by atoms with van der Waals surface area (Å²) in [5.74, 6) is -0.876. The molecule has 31 heavy (non-hydrogen) atoms. The Morgan fingerprint density at radius 1 is 0.968 bits per heavy atom. The van der Waals surface area contributed by atoms with E-state index in [0.717, 1.165) is 6.07 Å². The summed E-state index contributed by atoms with van der Waals surface area (Å²) in [6.07, 6.45) is -9.90. The fourth-order valence-corrected chi connectivity index (χ4v) is 3.18. The van der Waals surface area contributed by atoms with Gasteiger partial charge in [0.15, 0.2) is 11.4 Å². The molecule has 0 atom stereocenters. The molecule has 0 spiro atoms. The fourth-order valence-electron chi connectivity index (χ4n) is 3.18. The Balaban J connectivity index is 2.00. The van der Waals surface area contributed by atoms with E-state index in [4.69, 9.17) is 0 Å². The second kappa shape index (κ2) is 7.09. The number of fused-ring (bicyclic) bond motifs is 3. The van der Waals surface area contributed by atoms with E-state index in [-0.39, 0.29) is 17.2 Å². The first-order valence-electron chi connectivity index (χ1n) is 8.62. The molecule has 2 aromatic heterocycles. The molecule has 2 heterocycles. The molecule has 0 fully saturated rings. The highest BCUT2D eigenvalue weighted by atomic mass is 19.4. The average molecular weight is 436 g/mol. The Labute approximate surface area is 170 Å². The predicted octanol–water partition coefficient (Wildman–Crippen LogP) is 6.02. The van der Waals surface area contributed by atoms with E-state index in [1.807, 2.05) is 0 Å². The first-order valence-corrected chi connectivity index (χ1v) is 8.62. The molecule has 158 valence electrons. The maximum absolute atomic E-state index is 13.6. The number of ether oxygens (including phenoxy) is 1. The number of pyridine rings is 1. The molecule has 0 amide bonds. The number of imidazole rings is 1. The van der Waals surface area contributed by atoms with Crippen LogP contribution in [0.3, 0.4) is 0 Å². The van der Waals surface area contributed by atoms with Gasteiger partial charge in [-0.05, 0) is 30.3 Å². The third kappa shape index (κ3) is 3.79. The maximum atomic E-state index is 13.6. The topological polar surface area (TPSA) is 62.3 Å². The molecule has 11 heteroatoms. The number of alkyl halides is 6. The Kier molecular flexibility index (Phi) is 4.65. The highest BCUT2D eigenvalue weighted by Crippen LogP contribution is 2.39. The van der Waals surface area contributed by atoms with Gasteiger partial charge in [0.2, 0.25) is 0 Å². The number of benzene rings is 2. The molecule has 2 aromatic carbocycles. The summed E-state index contributed by atoms with van der Waals surface area (Å²) >= 11 is 0. The summed E-state index contributed by atoms with van der Waals surface area (Å²) in [5.41, 5.74) is -1.81. The fraction of sp³-hybridized carbons (Fsp3) is 0.100. The summed E-state index contributed by atoms with van der Waals surface area (Å²) in [6.45, 7) is 0. The van der Waals surface area contributed by atoms with E-state index < -0.39 is 29.4 Å². The monoisotopic (exact) mass is 436 g/mol. The SMILES string of the molecule is N#Cc1c(C(F)(F)F)cc(Nc2ccccc2OC(F)(F)F)n2c1nc1ccccc12. The van der Waals surface area contributed by atoms with Gasteiger partial charge in [0.05, 0.1) is 22.3 Å². The predicted molar refractivity (Wildman–Crippen MR) is 98.8 cm³/mol. The van der Waals surface area contributed by atoms with Crippen LogP contribution in [0.15, 0.2) is 54.6 Å². The van der Waals surface area contributed by atoms with E-state index in [9.17, 15) is 31.6 Å². The van der Waals surface area contributed by atoms with Crippen LogP contribution in [0.25, 0.3) is 16.7 Å². The van der Waals surface area contributed by atoms with Crippen molar-refractivity contribution in [3.05, 3.63) is 65.7 Å². The van der Waals surface area contributed by atoms with Gasteiger partial charge in [-0.15, -0.1) is 13.2 Å². The molecule has 0 bridgehead atoms. The van der Waals surface area contributed by atoms with Crippen LogP contribution < -0.4 is 10.1 Å². The van der Waals surface area contributed by atoms with Crippen LogP contribution in [0.1, 0.15) is 11.1 Å². The highest BCUT2D eigenvalue weighted by molar-refractivity contribution is 5.86. The first-order chi connectivity index (χ1) is 14.6. The van der Waals surface area contributed by atoms with Gasteiger partial charge in [-0.1, -0.05) is 24.3 Å². The zero-order valence-corrected chi connectivity index (χ0v) is 15.2. The molecule has 0 saturated carbocycles. The molecular weight excluding hydrogens is 426 g/mol. The van der Waals surface area contributed by atoms with Crippen molar-refractivity contribution in [3.63, 3.8) is 0 Å². The number of hydrogen-bond acceptors (Lipinski definition) is 4. The normalized spacial score (nSPS) is 12.2. The summed E-state index contributed by atoms with van der Waals surface area (Å²) in [5, 5.41) is 12.0. The van der Waals surface area contributed by atoms with Crippen LogP contribution in [0, 0.1) is 11.3 Å². The Morgan fingerprint density at radius 2 is 1.65 bits per heavy atom. The van der Waals surface area contributed by atoms with Crippen LogP contribution in [-0.2, 0) is 6.18 Å². The number of halogens is 6. The number of nitrogens with zero attached hydrogens (tertiary/aromatic N) is 3. The lowest BCUT2D eigenvalue weighted by Crippen LogP contribution is -2.18. The van der Waals surface area contributed by atoms with Gasteiger partial charge in [-0.25, -0.2) is 4.98 Å². The minimum atomic E-state index is -5.00. The van der Waals surface area contributed by atoms with E-state index >= 15 is 0 Å². The van der Waals surface area contributed by atoms with Crippen LogP contribution >= 0.6 is 0 Å². The minimum Gasteiger partial charge on any atom is -0.404 e. The van der Waals surface area contributed by atoms with Crippen molar-refractivity contribution < 1.29 is 31.1 Å². The Morgan fingerprint density at radius 3 is 2.32 bits per heavy atom. The van der Waals surface area contributed by atoms with Crippen LogP contribution in [0.5, 0.6) is 5.75 Å². The van der Waals surface area contributed by atoms with Crippen molar-refractivity contribution in [1.29, 1.82) is 5.26 Å². The lowest BCUT2D eigenvalue weighted by molar-refractivity contribution is -0.274. The number of nitriles is 1. The molecule has 0 saturated heterocycles. The second-order valence-corrected chi connectivity index (χ2v) is 6.36. The van der Waals surface area contributed by atoms with Crippen molar-refractivity contribution in [2.24, 2.45) is 0 Å². The van der Waals surface area contributed by atoms with E-state index in [0.29, 0.717) is 17.1 Å². The van der Waals surface area contributed by atoms with Gasteiger partial charge >= 0.3 is 12.5 Å². The summed E-state index contributed by atoms with van der Waals surface area (Å²) in [4.78, 5) is 4.13. The van der Waals surface area contributed by atoms with Crippen molar-refractivity contribution >= 4 is 28.2 Å². The van der Waals surface area contributed by atoms with E-state index in [2.05, 4.69) is 15.0 Å². The molecule has 0 aliphatic rings. The summed E-state index contributed by atoms with van der Waals surface area (Å²) in [7, 11) is 0. The van der Waals surface area contributed by atoms with Crippen molar-refractivity contribution in [2.75, 3.05) is 5.32 Å². The lowest BCUT2D eigenvalue weighted by atomic mass is 10.1. The number of rotatable bonds is 3. The van der Waals surface area contributed by atoms with Crippen molar-refractivity contribution in [1.82, 2.24) is 9.38 Å². The smallest absolute Gasteiger partial charge is 0.404 e. The molecule has 0 aliphatic carbocycles. The average Bonchev–Trinajstić information content (AvgIpc) is 3.07. The number of para-hydroxylation sites is 4. The molecule has 4 aromatic rings. The van der Waals surface area contributed by atoms with Gasteiger partial charge in [0, 0.05) is 0 Å². The molecule has 0 aliphatic heterocycles. The van der Waals surface area contributed by atoms with E-state index in [1.54, 1.807) is 24.3 Å². The quantitative estimate of drug-likeness (QED) is 0.399. The Bertz CT molecular complexity index is 1330. The minimum absolute atomic E-state index is 0.225.